The first kappa shape index (κ1) is 13.0. The van der Waals surface area contributed by atoms with Crippen molar-refractivity contribution in [2.75, 3.05) is 0 Å². The van der Waals surface area contributed by atoms with Gasteiger partial charge in [0.1, 0.15) is 0 Å². The minimum atomic E-state index is -0.322. The number of hydrogen-bond acceptors (Lipinski definition) is 2. The third kappa shape index (κ3) is 3.46. The van der Waals surface area contributed by atoms with Crippen LogP contribution in [0.3, 0.4) is 0 Å². The average molecular weight is 214 g/mol. The van der Waals surface area contributed by atoms with Crippen molar-refractivity contribution in [1.82, 2.24) is 0 Å². The Morgan fingerprint density at radius 3 is 1.73 bits per heavy atom. The second-order valence-corrected chi connectivity index (χ2v) is 7.24. The molecule has 0 radical (unpaired) electrons. The molecular weight excluding hydrogens is 188 g/mol. The Balaban J connectivity index is 2.49. The van der Waals surface area contributed by atoms with E-state index in [1.165, 1.54) is 6.42 Å². The summed E-state index contributed by atoms with van der Waals surface area (Å²) in [4.78, 5) is 10.5. The van der Waals surface area contributed by atoms with Crippen LogP contribution in [0.2, 0.25) is 0 Å². The highest BCUT2D eigenvalue weighted by Crippen LogP contribution is 2.50. The zero-order chi connectivity index (χ0) is 11.9. The highest BCUT2D eigenvalue weighted by atomic mass is 17.4. The van der Waals surface area contributed by atoms with Gasteiger partial charge in [-0.3, -0.25) is 0 Å². The lowest BCUT2D eigenvalue weighted by Crippen LogP contribution is -2.32. The van der Waals surface area contributed by atoms with Crippen molar-refractivity contribution < 1.29 is 9.78 Å². The topological polar surface area (TPSA) is 25.1 Å². The maximum atomic E-state index is 5.25. The van der Waals surface area contributed by atoms with Gasteiger partial charge >= 0.3 is 0 Å². The van der Waals surface area contributed by atoms with Crippen LogP contribution in [-0.2, 0) is 9.78 Å². The molecule has 0 saturated carbocycles. The van der Waals surface area contributed by atoms with Gasteiger partial charge < -0.3 is 0 Å². The number of rotatable bonds is 3. The molecule has 0 aliphatic carbocycles. The Bertz CT molecular complexity index is 216. The van der Waals surface area contributed by atoms with E-state index in [9.17, 15) is 0 Å². The van der Waals surface area contributed by atoms with E-state index in [1.807, 2.05) is 0 Å². The summed E-state index contributed by atoms with van der Waals surface area (Å²) in [5.74, 6) is 0.309. The smallest absolute Gasteiger partial charge is 0.194 e. The van der Waals surface area contributed by atoms with Crippen molar-refractivity contribution in [2.45, 2.75) is 67.1 Å². The summed E-state index contributed by atoms with van der Waals surface area (Å²) in [5.41, 5.74) is 0.451. The molecule has 15 heavy (non-hydrogen) atoms. The molecule has 2 heteroatoms. The van der Waals surface area contributed by atoms with Crippen LogP contribution < -0.4 is 0 Å². The maximum absolute atomic E-state index is 5.25. The summed E-state index contributed by atoms with van der Waals surface area (Å²) in [7, 11) is 0. The standard InChI is InChI=1S/C13H26O2/c1-10(8-11(2,3)4)9-13(14-15-13)12(5,6)7/h10H,8-9H2,1-7H3. The molecule has 1 rings (SSSR count). The second-order valence-electron chi connectivity index (χ2n) is 7.24. The zero-order valence-corrected chi connectivity index (χ0v) is 11.3. The van der Waals surface area contributed by atoms with Crippen molar-refractivity contribution >= 4 is 0 Å². The molecule has 0 aromatic rings. The van der Waals surface area contributed by atoms with E-state index >= 15 is 0 Å². The van der Waals surface area contributed by atoms with Gasteiger partial charge in [0, 0.05) is 11.8 Å². The van der Waals surface area contributed by atoms with Crippen molar-refractivity contribution in [3.8, 4) is 0 Å². The van der Waals surface area contributed by atoms with Crippen molar-refractivity contribution in [3.63, 3.8) is 0 Å². The summed E-state index contributed by atoms with van der Waals surface area (Å²) < 4.78 is 0. The Labute approximate surface area is 94.3 Å². The normalized spacial score (nSPS) is 22.6. The van der Waals surface area contributed by atoms with Crippen LogP contribution >= 0.6 is 0 Å². The fraction of sp³-hybridized carbons (Fsp3) is 1.00. The lowest BCUT2D eigenvalue weighted by atomic mass is 9.77. The molecule has 1 atom stereocenters. The van der Waals surface area contributed by atoms with E-state index in [4.69, 9.17) is 9.78 Å². The predicted octanol–water partition coefficient (Wildman–Crippen LogP) is 4.15. The van der Waals surface area contributed by atoms with Crippen LogP contribution in [0.25, 0.3) is 0 Å². The lowest BCUT2D eigenvalue weighted by molar-refractivity contribution is 0.0850. The molecule has 2 nitrogen and oxygen atoms in total. The van der Waals surface area contributed by atoms with E-state index in [0.29, 0.717) is 11.3 Å². The first-order valence-corrected chi connectivity index (χ1v) is 5.93. The van der Waals surface area contributed by atoms with Crippen molar-refractivity contribution in [2.24, 2.45) is 16.7 Å². The molecular formula is C13H26O2. The SMILES string of the molecule is CC(CC(C)(C)C)CC1(C(C)(C)C)OO1. The minimum Gasteiger partial charge on any atom is -0.194 e. The van der Waals surface area contributed by atoms with Gasteiger partial charge in [-0.1, -0.05) is 48.5 Å². The predicted molar refractivity (Wildman–Crippen MR) is 62.2 cm³/mol. The lowest BCUT2D eigenvalue weighted by Gasteiger charge is -2.28. The van der Waals surface area contributed by atoms with Gasteiger partial charge in [-0.2, -0.15) is 9.78 Å². The molecule has 90 valence electrons. The second kappa shape index (κ2) is 3.74. The molecule has 0 N–H and O–H groups in total. The van der Waals surface area contributed by atoms with Gasteiger partial charge in [-0.15, -0.1) is 0 Å². The van der Waals surface area contributed by atoms with Crippen LogP contribution in [-0.4, -0.2) is 5.79 Å². The maximum Gasteiger partial charge on any atom is 0.239 e. The van der Waals surface area contributed by atoms with Crippen LogP contribution in [0.1, 0.15) is 61.3 Å². The van der Waals surface area contributed by atoms with Gasteiger partial charge in [0.2, 0.25) is 5.79 Å². The fourth-order valence-electron chi connectivity index (χ4n) is 2.25. The van der Waals surface area contributed by atoms with Gasteiger partial charge in [-0.25, -0.2) is 0 Å². The molecule has 1 heterocycles. The molecule has 1 unspecified atom stereocenters. The Morgan fingerprint density at radius 2 is 1.47 bits per heavy atom. The molecule has 0 aromatic carbocycles. The minimum absolute atomic E-state index is 0.0686. The third-order valence-electron chi connectivity index (χ3n) is 3.01. The first-order chi connectivity index (χ1) is 6.56. The molecule has 1 aliphatic heterocycles. The van der Waals surface area contributed by atoms with Gasteiger partial charge in [0.15, 0.2) is 0 Å². The average Bonchev–Trinajstić information content (AvgIpc) is 2.61. The Kier molecular flexibility index (Phi) is 3.24. The summed E-state index contributed by atoms with van der Waals surface area (Å²) in [5, 5.41) is 0. The van der Waals surface area contributed by atoms with Crippen LogP contribution in [0, 0.1) is 16.7 Å². The summed E-state index contributed by atoms with van der Waals surface area (Å²) in [6.45, 7) is 15.6. The molecule has 1 saturated heterocycles. The largest absolute Gasteiger partial charge is 0.239 e. The Morgan fingerprint density at radius 1 is 1.00 bits per heavy atom. The first-order valence-electron chi connectivity index (χ1n) is 5.93. The number of hydrogen-bond donors (Lipinski definition) is 0. The quantitative estimate of drug-likeness (QED) is 0.521. The summed E-state index contributed by atoms with van der Waals surface area (Å²) in [6.07, 6.45) is 2.20. The molecule has 0 aromatic heterocycles. The van der Waals surface area contributed by atoms with E-state index in [0.717, 1.165) is 6.42 Å². The van der Waals surface area contributed by atoms with E-state index in [1.54, 1.807) is 0 Å². The van der Waals surface area contributed by atoms with Crippen molar-refractivity contribution in [1.29, 1.82) is 0 Å². The molecule has 0 amide bonds. The van der Waals surface area contributed by atoms with Crippen LogP contribution in [0.5, 0.6) is 0 Å². The van der Waals surface area contributed by atoms with Crippen LogP contribution in [0.15, 0.2) is 0 Å². The summed E-state index contributed by atoms with van der Waals surface area (Å²) >= 11 is 0. The Hall–Kier alpha value is -0.0800. The van der Waals surface area contributed by atoms with Gasteiger partial charge in [0.05, 0.1) is 0 Å². The van der Waals surface area contributed by atoms with Gasteiger partial charge in [0.25, 0.3) is 0 Å². The fourth-order valence-corrected chi connectivity index (χ4v) is 2.25. The van der Waals surface area contributed by atoms with Crippen molar-refractivity contribution in [3.05, 3.63) is 0 Å². The van der Waals surface area contributed by atoms with E-state index < -0.39 is 0 Å². The highest BCUT2D eigenvalue weighted by Gasteiger charge is 2.58. The van der Waals surface area contributed by atoms with Crippen LogP contribution in [0.4, 0.5) is 0 Å². The zero-order valence-electron chi connectivity index (χ0n) is 11.3. The monoisotopic (exact) mass is 214 g/mol. The molecule has 0 spiro atoms. The summed E-state index contributed by atoms with van der Waals surface area (Å²) in [6, 6.07) is 0. The highest BCUT2D eigenvalue weighted by molar-refractivity contribution is 4.89. The van der Waals surface area contributed by atoms with E-state index in [-0.39, 0.29) is 11.2 Å². The molecule has 1 fully saturated rings. The third-order valence-corrected chi connectivity index (χ3v) is 3.01. The molecule has 1 aliphatic rings. The van der Waals surface area contributed by atoms with Gasteiger partial charge in [-0.05, 0) is 17.8 Å². The van der Waals surface area contributed by atoms with E-state index in [2.05, 4.69) is 48.5 Å². The molecule has 0 bridgehead atoms.